The van der Waals surface area contributed by atoms with Crippen molar-refractivity contribution in [2.24, 2.45) is 7.05 Å². The van der Waals surface area contributed by atoms with Crippen molar-refractivity contribution in [3.8, 4) is 0 Å². The van der Waals surface area contributed by atoms with Crippen LogP contribution in [0.3, 0.4) is 0 Å². The monoisotopic (exact) mass is 319 g/mol. The summed E-state index contributed by atoms with van der Waals surface area (Å²) in [6.07, 6.45) is 6.82. The number of imidazole rings is 1. The van der Waals surface area contributed by atoms with Crippen LogP contribution in [0.25, 0.3) is 11.2 Å². The zero-order valence-corrected chi connectivity index (χ0v) is 14.0. The van der Waals surface area contributed by atoms with E-state index in [9.17, 15) is 9.59 Å². The minimum atomic E-state index is -0.411. The van der Waals surface area contributed by atoms with Gasteiger partial charge in [0.05, 0.1) is 0 Å². The van der Waals surface area contributed by atoms with Crippen LogP contribution in [0, 0.1) is 0 Å². The zero-order valence-electron chi connectivity index (χ0n) is 14.0. The number of nitrogens with zero attached hydrogens (tertiary/aromatic N) is 4. The molecule has 0 radical (unpaired) electrons. The molecular weight excluding hydrogens is 294 g/mol. The molecular formula is C16H25N5O2. The molecule has 1 aliphatic rings. The van der Waals surface area contributed by atoms with Crippen molar-refractivity contribution in [2.75, 3.05) is 18.0 Å². The lowest BCUT2D eigenvalue weighted by Gasteiger charge is -2.18. The molecule has 2 aromatic heterocycles. The van der Waals surface area contributed by atoms with E-state index in [1.165, 1.54) is 17.4 Å². The van der Waals surface area contributed by atoms with E-state index in [2.05, 4.69) is 21.8 Å². The van der Waals surface area contributed by atoms with Crippen molar-refractivity contribution in [1.29, 1.82) is 0 Å². The number of anilines is 1. The van der Waals surface area contributed by atoms with E-state index in [4.69, 9.17) is 0 Å². The molecule has 1 aliphatic heterocycles. The van der Waals surface area contributed by atoms with Crippen LogP contribution in [-0.2, 0) is 13.6 Å². The number of hydrogen-bond donors (Lipinski definition) is 1. The lowest BCUT2D eigenvalue weighted by atomic mass is 10.2. The average molecular weight is 319 g/mol. The Hall–Kier alpha value is -2.05. The summed E-state index contributed by atoms with van der Waals surface area (Å²) in [7, 11) is 1.66. The first-order valence-electron chi connectivity index (χ1n) is 8.58. The lowest BCUT2D eigenvalue weighted by molar-refractivity contribution is 0.587. The van der Waals surface area contributed by atoms with Crippen LogP contribution >= 0.6 is 0 Å². The summed E-state index contributed by atoms with van der Waals surface area (Å²) in [4.78, 5) is 33.5. The summed E-state index contributed by atoms with van der Waals surface area (Å²) in [5.41, 5.74) is 0.254. The molecule has 3 rings (SSSR count). The summed E-state index contributed by atoms with van der Waals surface area (Å²) in [5.74, 6) is 0.834. The van der Waals surface area contributed by atoms with Crippen LogP contribution in [0.4, 0.5) is 5.95 Å². The molecule has 0 bridgehead atoms. The SMILES string of the molecule is CCCCCCn1c(N2CCCC2)nc2c1c(=O)[nH]c(=O)n2C. The molecule has 1 saturated heterocycles. The smallest absolute Gasteiger partial charge is 0.329 e. The average Bonchev–Trinajstić information content (AvgIpc) is 3.16. The first-order chi connectivity index (χ1) is 11.1. The zero-order chi connectivity index (χ0) is 16.4. The maximum atomic E-state index is 12.3. The molecule has 2 aromatic rings. The van der Waals surface area contributed by atoms with Crippen LogP contribution in [0.15, 0.2) is 9.59 Å². The van der Waals surface area contributed by atoms with Crippen LogP contribution < -0.4 is 16.1 Å². The third-order valence-corrected chi connectivity index (χ3v) is 4.61. The second kappa shape index (κ2) is 6.60. The van der Waals surface area contributed by atoms with Crippen molar-refractivity contribution in [3.05, 3.63) is 20.8 Å². The standard InChI is InChI=1S/C16H25N5O2/c1-3-4-5-6-11-21-12-13(19(2)16(23)18-14(12)22)17-15(21)20-9-7-8-10-20/h3-11H2,1-2H3,(H,18,22,23). The Kier molecular flexibility index (Phi) is 4.54. The van der Waals surface area contributed by atoms with Gasteiger partial charge in [0.1, 0.15) is 0 Å². The molecule has 0 unspecified atom stereocenters. The van der Waals surface area contributed by atoms with Gasteiger partial charge in [0.2, 0.25) is 5.95 Å². The predicted octanol–water partition coefficient (Wildman–Crippen LogP) is 1.60. The number of nitrogens with one attached hydrogen (secondary N) is 1. The van der Waals surface area contributed by atoms with E-state index in [1.54, 1.807) is 7.05 Å². The molecule has 1 fully saturated rings. The highest BCUT2D eigenvalue weighted by Gasteiger charge is 2.23. The number of unbranched alkanes of at least 4 members (excludes halogenated alkanes) is 3. The van der Waals surface area contributed by atoms with Gasteiger partial charge in [0, 0.05) is 26.7 Å². The number of H-pyrrole nitrogens is 1. The maximum Gasteiger partial charge on any atom is 0.329 e. The fourth-order valence-corrected chi connectivity index (χ4v) is 3.29. The first kappa shape index (κ1) is 15.8. The van der Waals surface area contributed by atoms with E-state index in [1.807, 2.05) is 4.57 Å². The maximum absolute atomic E-state index is 12.3. The number of aromatic amines is 1. The molecule has 1 N–H and O–H groups in total. The van der Waals surface area contributed by atoms with Gasteiger partial charge >= 0.3 is 5.69 Å². The largest absolute Gasteiger partial charge is 0.342 e. The highest BCUT2D eigenvalue weighted by atomic mass is 16.2. The van der Waals surface area contributed by atoms with Crippen LogP contribution in [-0.4, -0.2) is 32.2 Å². The fourth-order valence-electron chi connectivity index (χ4n) is 3.29. The van der Waals surface area contributed by atoms with Crippen molar-refractivity contribution < 1.29 is 0 Å². The fraction of sp³-hybridized carbons (Fsp3) is 0.688. The minimum Gasteiger partial charge on any atom is -0.342 e. The summed E-state index contributed by atoms with van der Waals surface area (Å²) in [6.45, 7) is 4.88. The van der Waals surface area contributed by atoms with Gasteiger partial charge in [-0.15, -0.1) is 0 Å². The van der Waals surface area contributed by atoms with E-state index >= 15 is 0 Å². The summed E-state index contributed by atoms with van der Waals surface area (Å²) < 4.78 is 3.44. The van der Waals surface area contributed by atoms with Gasteiger partial charge < -0.3 is 9.47 Å². The number of aromatic nitrogens is 4. The van der Waals surface area contributed by atoms with E-state index in [-0.39, 0.29) is 5.56 Å². The van der Waals surface area contributed by atoms with Crippen LogP contribution in [0.5, 0.6) is 0 Å². The first-order valence-corrected chi connectivity index (χ1v) is 8.58. The van der Waals surface area contributed by atoms with Gasteiger partial charge in [0.15, 0.2) is 11.2 Å². The van der Waals surface area contributed by atoms with Gasteiger partial charge in [-0.25, -0.2) is 4.79 Å². The van der Waals surface area contributed by atoms with Crippen molar-refractivity contribution >= 4 is 17.1 Å². The Morgan fingerprint density at radius 2 is 1.87 bits per heavy atom. The second-order valence-corrected chi connectivity index (χ2v) is 6.31. The summed E-state index contributed by atoms with van der Waals surface area (Å²) >= 11 is 0. The van der Waals surface area contributed by atoms with Crippen molar-refractivity contribution in [3.63, 3.8) is 0 Å². The number of hydrogen-bond acceptors (Lipinski definition) is 4. The Balaban J connectivity index is 2.08. The van der Waals surface area contributed by atoms with Gasteiger partial charge in [-0.3, -0.25) is 14.3 Å². The second-order valence-electron chi connectivity index (χ2n) is 6.31. The summed E-state index contributed by atoms with van der Waals surface area (Å²) in [6, 6.07) is 0. The Morgan fingerprint density at radius 1 is 1.13 bits per heavy atom. The topological polar surface area (TPSA) is 75.9 Å². The minimum absolute atomic E-state index is 0.337. The molecule has 3 heterocycles. The third kappa shape index (κ3) is 2.92. The molecule has 126 valence electrons. The molecule has 0 saturated carbocycles. The van der Waals surface area contributed by atoms with Gasteiger partial charge in [-0.2, -0.15) is 4.98 Å². The van der Waals surface area contributed by atoms with Gasteiger partial charge in [-0.05, 0) is 19.3 Å². The highest BCUT2D eigenvalue weighted by Crippen LogP contribution is 2.23. The van der Waals surface area contributed by atoms with Crippen LogP contribution in [0.2, 0.25) is 0 Å². The summed E-state index contributed by atoms with van der Waals surface area (Å²) in [5, 5.41) is 0. The number of fused-ring (bicyclic) bond motifs is 1. The Bertz CT molecular complexity index is 795. The van der Waals surface area contributed by atoms with E-state index in [0.29, 0.717) is 11.2 Å². The Labute approximate surface area is 134 Å². The molecule has 0 amide bonds. The number of aryl methyl sites for hydroxylation is 2. The molecule has 0 spiro atoms. The van der Waals surface area contributed by atoms with E-state index < -0.39 is 5.69 Å². The molecule has 0 aromatic carbocycles. The third-order valence-electron chi connectivity index (χ3n) is 4.61. The molecule has 0 aliphatic carbocycles. The normalized spacial score (nSPS) is 15.0. The molecule has 7 heteroatoms. The van der Waals surface area contributed by atoms with Crippen molar-refractivity contribution in [2.45, 2.75) is 52.0 Å². The highest BCUT2D eigenvalue weighted by molar-refractivity contribution is 5.74. The molecule has 7 nitrogen and oxygen atoms in total. The Morgan fingerprint density at radius 3 is 2.57 bits per heavy atom. The molecule has 23 heavy (non-hydrogen) atoms. The van der Waals surface area contributed by atoms with E-state index in [0.717, 1.165) is 51.3 Å². The van der Waals surface area contributed by atoms with Gasteiger partial charge in [0.25, 0.3) is 5.56 Å². The van der Waals surface area contributed by atoms with Gasteiger partial charge in [-0.1, -0.05) is 26.2 Å². The number of rotatable bonds is 6. The molecule has 0 atom stereocenters. The van der Waals surface area contributed by atoms with Crippen molar-refractivity contribution in [1.82, 2.24) is 19.1 Å². The van der Waals surface area contributed by atoms with Crippen LogP contribution in [0.1, 0.15) is 45.4 Å². The predicted molar refractivity (Wildman–Crippen MR) is 91.2 cm³/mol. The quantitative estimate of drug-likeness (QED) is 0.821. The lowest BCUT2D eigenvalue weighted by Crippen LogP contribution is -2.29.